The molecule has 0 saturated carbocycles. The monoisotopic (exact) mass is 314 g/mol. The van der Waals surface area contributed by atoms with Gasteiger partial charge in [0.1, 0.15) is 0 Å². The van der Waals surface area contributed by atoms with E-state index in [4.69, 9.17) is 5.26 Å². The van der Waals surface area contributed by atoms with Crippen LogP contribution in [0.15, 0.2) is 54.7 Å². The number of benzene rings is 2. The van der Waals surface area contributed by atoms with Crippen molar-refractivity contribution < 1.29 is 0 Å². The number of nitrogens with one attached hydrogen (secondary N) is 2. The maximum atomic E-state index is 9.02. The van der Waals surface area contributed by atoms with Crippen LogP contribution in [0.1, 0.15) is 22.9 Å². The van der Waals surface area contributed by atoms with Gasteiger partial charge >= 0.3 is 0 Å². The second kappa shape index (κ2) is 5.55. The molecule has 1 aliphatic rings. The molecule has 1 atom stereocenters. The van der Waals surface area contributed by atoms with E-state index in [-0.39, 0.29) is 6.04 Å². The number of aromatic amines is 1. The molecule has 1 unspecified atom stereocenters. The van der Waals surface area contributed by atoms with E-state index < -0.39 is 0 Å². The largest absolute Gasteiger partial charge is 0.357 e. The topological polar surface area (TPSA) is 54.9 Å². The zero-order valence-corrected chi connectivity index (χ0v) is 13.7. The van der Waals surface area contributed by atoms with E-state index in [9.17, 15) is 0 Å². The van der Waals surface area contributed by atoms with Crippen molar-refractivity contribution >= 4 is 10.9 Å². The van der Waals surface area contributed by atoms with E-state index in [2.05, 4.69) is 46.8 Å². The van der Waals surface area contributed by atoms with Crippen molar-refractivity contribution in [2.45, 2.75) is 13.0 Å². The van der Waals surface area contributed by atoms with Crippen molar-refractivity contribution in [3.8, 4) is 17.2 Å². The van der Waals surface area contributed by atoms with Crippen LogP contribution in [0, 0.1) is 18.3 Å². The average molecular weight is 314 g/mol. The van der Waals surface area contributed by atoms with Gasteiger partial charge in [-0.05, 0) is 60.0 Å². The SMILES string of the molecule is Cc1cc(C#N)ccc1-c1ccc2[nH]c(C3C=CN(C)N3)cc2c1. The van der Waals surface area contributed by atoms with Crippen molar-refractivity contribution in [1.29, 1.82) is 5.26 Å². The molecule has 2 N–H and O–H groups in total. The van der Waals surface area contributed by atoms with Crippen LogP contribution in [-0.4, -0.2) is 17.0 Å². The molecule has 0 saturated heterocycles. The number of hydrogen-bond donors (Lipinski definition) is 2. The smallest absolute Gasteiger partial charge is 0.0991 e. The molecule has 0 bridgehead atoms. The lowest BCUT2D eigenvalue weighted by molar-refractivity contribution is 0.331. The van der Waals surface area contributed by atoms with Gasteiger partial charge in [-0.15, -0.1) is 0 Å². The summed E-state index contributed by atoms with van der Waals surface area (Å²) < 4.78 is 0. The molecule has 3 aromatic rings. The highest BCUT2D eigenvalue weighted by Gasteiger charge is 2.16. The summed E-state index contributed by atoms with van der Waals surface area (Å²) in [5.74, 6) is 0. The van der Waals surface area contributed by atoms with Gasteiger partial charge in [0.2, 0.25) is 0 Å². The normalized spacial score (nSPS) is 16.7. The molecule has 4 nitrogen and oxygen atoms in total. The summed E-state index contributed by atoms with van der Waals surface area (Å²) >= 11 is 0. The number of aromatic nitrogens is 1. The molecule has 118 valence electrons. The van der Waals surface area contributed by atoms with E-state index in [0.29, 0.717) is 5.56 Å². The highest BCUT2D eigenvalue weighted by atomic mass is 15.5. The van der Waals surface area contributed by atoms with Crippen LogP contribution in [-0.2, 0) is 0 Å². The van der Waals surface area contributed by atoms with Gasteiger partial charge in [0.25, 0.3) is 0 Å². The van der Waals surface area contributed by atoms with Gasteiger partial charge < -0.3 is 9.99 Å². The molecule has 0 radical (unpaired) electrons. The van der Waals surface area contributed by atoms with Gasteiger partial charge in [0.05, 0.1) is 17.7 Å². The summed E-state index contributed by atoms with van der Waals surface area (Å²) in [4.78, 5) is 3.49. The highest BCUT2D eigenvalue weighted by molar-refractivity contribution is 5.86. The fraction of sp³-hybridized carbons (Fsp3) is 0.150. The first-order chi connectivity index (χ1) is 11.6. The van der Waals surface area contributed by atoms with Crippen LogP contribution in [0.25, 0.3) is 22.0 Å². The molecular formula is C20H18N4. The number of nitriles is 1. The number of hydrazine groups is 1. The molecule has 1 aliphatic heterocycles. The summed E-state index contributed by atoms with van der Waals surface area (Å²) in [5, 5.41) is 12.2. The molecule has 2 aromatic carbocycles. The summed E-state index contributed by atoms with van der Waals surface area (Å²) in [7, 11) is 1.99. The van der Waals surface area contributed by atoms with Gasteiger partial charge in [0, 0.05) is 29.8 Å². The van der Waals surface area contributed by atoms with Gasteiger partial charge in [-0.1, -0.05) is 12.1 Å². The predicted molar refractivity (Wildman–Crippen MR) is 96.0 cm³/mol. The summed E-state index contributed by atoms with van der Waals surface area (Å²) in [6.45, 7) is 2.05. The lowest BCUT2D eigenvalue weighted by atomic mass is 9.98. The van der Waals surface area contributed by atoms with E-state index in [0.717, 1.165) is 22.3 Å². The maximum absolute atomic E-state index is 9.02. The van der Waals surface area contributed by atoms with E-state index in [1.54, 1.807) is 0 Å². The molecule has 24 heavy (non-hydrogen) atoms. The third kappa shape index (κ3) is 2.45. The van der Waals surface area contributed by atoms with Crippen molar-refractivity contribution in [2.24, 2.45) is 0 Å². The molecule has 2 heterocycles. The number of H-pyrrole nitrogens is 1. The van der Waals surface area contributed by atoms with Crippen molar-refractivity contribution in [3.05, 3.63) is 71.6 Å². The second-order valence-electron chi connectivity index (χ2n) is 6.23. The Labute approximate surface area is 141 Å². The van der Waals surface area contributed by atoms with E-state index in [1.165, 1.54) is 10.9 Å². The lowest BCUT2D eigenvalue weighted by Gasteiger charge is -2.13. The summed E-state index contributed by atoms with van der Waals surface area (Å²) in [6.07, 6.45) is 4.16. The van der Waals surface area contributed by atoms with Crippen molar-refractivity contribution in [2.75, 3.05) is 7.05 Å². The fourth-order valence-electron chi connectivity index (χ4n) is 3.24. The molecule has 0 amide bonds. The number of aryl methyl sites for hydroxylation is 1. The quantitative estimate of drug-likeness (QED) is 0.751. The van der Waals surface area contributed by atoms with E-state index in [1.807, 2.05) is 43.4 Å². The van der Waals surface area contributed by atoms with Crippen LogP contribution in [0.4, 0.5) is 0 Å². The third-order valence-corrected chi connectivity index (χ3v) is 4.49. The minimum atomic E-state index is 0.183. The van der Waals surface area contributed by atoms with Gasteiger partial charge in [0.15, 0.2) is 0 Å². The fourth-order valence-corrected chi connectivity index (χ4v) is 3.24. The molecule has 0 fully saturated rings. The number of fused-ring (bicyclic) bond motifs is 1. The van der Waals surface area contributed by atoms with Crippen LogP contribution in [0.2, 0.25) is 0 Å². The molecule has 0 spiro atoms. The molecule has 4 rings (SSSR count). The number of rotatable bonds is 2. The molecule has 1 aromatic heterocycles. The molecular weight excluding hydrogens is 296 g/mol. The summed E-state index contributed by atoms with van der Waals surface area (Å²) in [6, 6.07) is 16.8. The first kappa shape index (κ1) is 14.6. The van der Waals surface area contributed by atoms with E-state index >= 15 is 0 Å². The van der Waals surface area contributed by atoms with Crippen LogP contribution in [0.5, 0.6) is 0 Å². The Morgan fingerprint density at radius 3 is 2.71 bits per heavy atom. The Hall–Kier alpha value is -3.03. The van der Waals surface area contributed by atoms with Gasteiger partial charge in [-0.2, -0.15) is 5.26 Å². The van der Waals surface area contributed by atoms with Crippen molar-refractivity contribution in [3.63, 3.8) is 0 Å². The highest BCUT2D eigenvalue weighted by Crippen LogP contribution is 2.30. The minimum Gasteiger partial charge on any atom is -0.357 e. The zero-order chi connectivity index (χ0) is 16.7. The molecule has 4 heteroatoms. The average Bonchev–Trinajstić information content (AvgIpc) is 3.19. The third-order valence-electron chi connectivity index (χ3n) is 4.49. The summed E-state index contributed by atoms with van der Waals surface area (Å²) in [5.41, 5.74) is 9.79. The standard InChI is InChI=1S/C20H18N4/c1-13-9-14(12-21)3-5-17(13)15-4-6-18-16(10-15)11-20(22-18)19-7-8-24(2)23-19/h3-11,19,22-23H,1-2H3. The Kier molecular flexibility index (Phi) is 3.37. The Bertz CT molecular complexity index is 991. The molecule has 0 aliphatic carbocycles. The second-order valence-corrected chi connectivity index (χ2v) is 6.23. The van der Waals surface area contributed by atoms with Crippen LogP contribution < -0.4 is 5.43 Å². The first-order valence-corrected chi connectivity index (χ1v) is 7.95. The van der Waals surface area contributed by atoms with Gasteiger partial charge in [-0.25, -0.2) is 5.43 Å². The van der Waals surface area contributed by atoms with Crippen LogP contribution in [0.3, 0.4) is 0 Å². The number of hydrogen-bond acceptors (Lipinski definition) is 3. The minimum absolute atomic E-state index is 0.183. The maximum Gasteiger partial charge on any atom is 0.0991 e. The Balaban J connectivity index is 1.73. The Morgan fingerprint density at radius 2 is 2.00 bits per heavy atom. The lowest BCUT2D eigenvalue weighted by Crippen LogP contribution is -2.27. The van der Waals surface area contributed by atoms with Crippen LogP contribution >= 0.6 is 0 Å². The van der Waals surface area contributed by atoms with Gasteiger partial charge in [-0.3, -0.25) is 0 Å². The Morgan fingerprint density at radius 1 is 1.12 bits per heavy atom. The predicted octanol–water partition coefficient (Wildman–Crippen LogP) is 4.02. The van der Waals surface area contributed by atoms with Crippen molar-refractivity contribution in [1.82, 2.24) is 15.4 Å². The number of nitrogens with zero attached hydrogens (tertiary/aromatic N) is 2. The zero-order valence-electron chi connectivity index (χ0n) is 13.7. The first-order valence-electron chi connectivity index (χ1n) is 7.95.